The van der Waals surface area contributed by atoms with Crippen LogP contribution in [0.15, 0.2) is 39.2 Å². The van der Waals surface area contributed by atoms with E-state index in [1.54, 1.807) is 0 Å². The maximum absolute atomic E-state index is 9.69. The molecule has 17 heavy (non-hydrogen) atoms. The van der Waals surface area contributed by atoms with Crippen LogP contribution in [0.25, 0.3) is 11.3 Å². The Hall–Kier alpha value is -1.06. The van der Waals surface area contributed by atoms with Crippen molar-refractivity contribution in [2.45, 2.75) is 26.4 Å². The van der Waals surface area contributed by atoms with Gasteiger partial charge >= 0.3 is 0 Å². The van der Waals surface area contributed by atoms with E-state index in [4.69, 9.17) is 4.42 Å². The van der Waals surface area contributed by atoms with Crippen LogP contribution in [0.1, 0.15) is 30.8 Å². The van der Waals surface area contributed by atoms with Crippen molar-refractivity contribution in [1.29, 1.82) is 0 Å². The third kappa shape index (κ3) is 2.61. The van der Waals surface area contributed by atoms with Gasteiger partial charge in [-0.3, -0.25) is 0 Å². The van der Waals surface area contributed by atoms with Crippen LogP contribution in [0.4, 0.5) is 0 Å². The van der Waals surface area contributed by atoms with Gasteiger partial charge in [0.1, 0.15) is 17.6 Å². The van der Waals surface area contributed by atoms with Gasteiger partial charge < -0.3 is 9.52 Å². The standard InChI is InChI=1S/C14H15BrO2/c1-3-12(16)14-7-6-13(17-14)10-4-5-11(15)9(2)8-10/h4-8,12,16H,3H2,1-2H3. The molecular weight excluding hydrogens is 280 g/mol. The molecule has 1 heterocycles. The summed E-state index contributed by atoms with van der Waals surface area (Å²) in [6.07, 6.45) is 0.145. The Kier molecular flexibility index (Phi) is 3.69. The Morgan fingerprint density at radius 3 is 2.71 bits per heavy atom. The lowest BCUT2D eigenvalue weighted by atomic mass is 10.1. The predicted molar refractivity (Wildman–Crippen MR) is 71.8 cm³/mol. The van der Waals surface area contributed by atoms with E-state index in [9.17, 15) is 5.11 Å². The van der Waals surface area contributed by atoms with Crippen molar-refractivity contribution in [2.24, 2.45) is 0 Å². The lowest BCUT2D eigenvalue weighted by Crippen LogP contribution is -1.91. The van der Waals surface area contributed by atoms with Gasteiger partial charge in [-0.2, -0.15) is 0 Å². The average Bonchev–Trinajstić information content (AvgIpc) is 2.81. The molecule has 0 bridgehead atoms. The summed E-state index contributed by atoms with van der Waals surface area (Å²) in [7, 11) is 0. The molecule has 0 aliphatic carbocycles. The normalized spacial score (nSPS) is 12.7. The van der Waals surface area contributed by atoms with Crippen molar-refractivity contribution in [1.82, 2.24) is 0 Å². The fourth-order valence-corrected chi connectivity index (χ4v) is 1.93. The molecule has 90 valence electrons. The molecule has 1 aromatic carbocycles. The van der Waals surface area contributed by atoms with E-state index in [-0.39, 0.29) is 0 Å². The third-order valence-corrected chi connectivity index (χ3v) is 3.67. The summed E-state index contributed by atoms with van der Waals surface area (Å²) in [6.45, 7) is 3.97. The van der Waals surface area contributed by atoms with Crippen LogP contribution in [-0.2, 0) is 0 Å². The number of rotatable bonds is 3. The molecule has 2 rings (SSSR count). The number of aliphatic hydroxyl groups is 1. The molecule has 1 unspecified atom stereocenters. The molecule has 2 aromatic rings. The summed E-state index contributed by atoms with van der Waals surface area (Å²) >= 11 is 3.47. The lowest BCUT2D eigenvalue weighted by molar-refractivity contribution is 0.147. The second-order valence-electron chi connectivity index (χ2n) is 4.09. The summed E-state index contributed by atoms with van der Waals surface area (Å²) in [5.74, 6) is 1.42. The molecule has 3 heteroatoms. The molecule has 0 spiro atoms. The quantitative estimate of drug-likeness (QED) is 0.906. The van der Waals surface area contributed by atoms with Gasteiger partial charge in [-0.1, -0.05) is 28.9 Å². The van der Waals surface area contributed by atoms with Crippen molar-refractivity contribution in [3.63, 3.8) is 0 Å². The van der Waals surface area contributed by atoms with Crippen LogP contribution in [0.3, 0.4) is 0 Å². The SMILES string of the molecule is CCC(O)c1ccc(-c2ccc(Br)c(C)c2)o1. The van der Waals surface area contributed by atoms with Gasteiger partial charge in [-0.25, -0.2) is 0 Å². The van der Waals surface area contributed by atoms with Gasteiger partial charge in [0.25, 0.3) is 0 Å². The van der Waals surface area contributed by atoms with Gasteiger partial charge in [0.15, 0.2) is 0 Å². The van der Waals surface area contributed by atoms with Crippen LogP contribution >= 0.6 is 15.9 Å². The summed E-state index contributed by atoms with van der Waals surface area (Å²) in [4.78, 5) is 0. The second-order valence-corrected chi connectivity index (χ2v) is 4.94. The van der Waals surface area contributed by atoms with E-state index in [0.717, 1.165) is 21.4 Å². The third-order valence-electron chi connectivity index (χ3n) is 2.78. The lowest BCUT2D eigenvalue weighted by Gasteiger charge is -2.04. The number of halogens is 1. The van der Waals surface area contributed by atoms with Crippen molar-refractivity contribution in [3.05, 3.63) is 46.1 Å². The van der Waals surface area contributed by atoms with Crippen LogP contribution in [0.5, 0.6) is 0 Å². The highest BCUT2D eigenvalue weighted by atomic mass is 79.9. The van der Waals surface area contributed by atoms with Gasteiger partial charge in [-0.15, -0.1) is 0 Å². The maximum atomic E-state index is 9.69. The van der Waals surface area contributed by atoms with Crippen molar-refractivity contribution >= 4 is 15.9 Å². The zero-order valence-electron chi connectivity index (χ0n) is 9.90. The molecule has 1 aromatic heterocycles. The molecule has 0 saturated carbocycles. The number of aliphatic hydroxyl groups excluding tert-OH is 1. The molecule has 2 nitrogen and oxygen atoms in total. The molecule has 0 saturated heterocycles. The van der Waals surface area contributed by atoms with Crippen molar-refractivity contribution in [2.75, 3.05) is 0 Å². The fourth-order valence-electron chi connectivity index (χ4n) is 1.69. The van der Waals surface area contributed by atoms with Gasteiger partial charge in [0.2, 0.25) is 0 Å². The minimum atomic E-state index is -0.514. The summed E-state index contributed by atoms with van der Waals surface area (Å²) in [5.41, 5.74) is 2.19. The van der Waals surface area contributed by atoms with E-state index >= 15 is 0 Å². The summed E-state index contributed by atoms with van der Waals surface area (Å²) in [5, 5.41) is 9.69. The Morgan fingerprint density at radius 2 is 2.06 bits per heavy atom. The molecule has 1 atom stereocenters. The van der Waals surface area contributed by atoms with E-state index < -0.39 is 6.10 Å². The highest BCUT2D eigenvalue weighted by Gasteiger charge is 2.11. The molecular formula is C14H15BrO2. The Labute approximate surface area is 109 Å². The number of hydrogen-bond acceptors (Lipinski definition) is 2. The Morgan fingerprint density at radius 1 is 1.29 bits per heavy atom. The first-order valence-electron chi connectivity index (χ1n) is 5.66. The molecule has 0 aliphatic heterocycles. The largest absolute Gasteiger partial charge is 0.458 e. The highest BCUT2D eigenvalue weighted by molar-refractivity contribution is 9.10. The Balaban J connectivity index is 2.33. The van der Waals surface area contributed by atoms with Crippen molar-refractivity contribution in [3.8, 4) is 11.3 Å². The van der Waals surface area contributed by atoms with Crippen LogP contribution < -0.4 is 0 Å². The van der Waals surface area contributed by atoms with Gasteiger partial charge in [-0.05, 0) is 43.2 Å². The van der Waals surface area contributed by atoms with Crippen LogP contribution in [-0.4, -0.2) is 5.11 Å². The van der Waals surface area contributed by atoms with Gasteiger partial charge in [0.05, 0.1) is 0 Å². The fraction of sp³-hybridized carbons (Fsp3) is 0.286. The summed E-state index contributed by atoms with van der Waals surface area (Å²) in [6, 6.07) is 9.80. The number of benzene rings is 1. The Bertz CT molecular complexity index is 517. The first-order valence-corrected chi connectivity index (χ1v) is 6.45. The second kappa shape index (κ2) is 5.07. The highest BCUT2D eigenvalue weighted by Crippen LogP contribution is 2.29. The average molecular weight is 295 g/mol. The first kappa shape index (κ1) is 12.4. The minimum Gasteiger partial charge on any atom is -0.458 e. The van der Waals surface area contributed by atoms with E-state index in [0.29, 0.717) is 12.2 Å². The maximum Gasteiger partial charge on any atom is 0.134 e. The molecule has 0 radical (unpaired) electrons. The minimum absolute atomic E-state index is 0.514. The predicted octanol–water partition coefficient (Wildman–Crippen LogP) is 4.46. The molecule has 1 N–H and O–H groups in total. The number of furan rings is 1. The number of aryl methyl sites for hydroxylation is 1. The van der Waals surface area contributed by atoms with Crippen LogP contribution in [0.2, 0.25) is 0 Å². The monoisotopic (exact) mass is 294 g/mol. The first-order chi connectivity index (χ1) is 8.11. The zero-order chi connectivity index (χ0) is 12.4. The zero-order valence-corrected chi connectivity index (χ0v) is 11.5. The molecule has 0 amide bonds. The summed E-state index contributed by atoms with van der Waals surface area (Å²) < 4.78 is 6.74. The van der Waals surface area contributed by atoms with Crippen molar-refractivity contribution < 1.29 is 9.52 Å². The topological polar surface area (TPSA) is 33.4 Å². The molecule has 0 aliphatic rings. The van der Waals surface area contributed by atoms with Crippen LogP contribution in [0, 0.1) is 6.92 Å². The van der Waals surface area contributed by atoms with E-state index in [2.05, 4.69) is 22.0 Å². The smallest absolute Gasteiger partial charge is 0.134 e. The van der Waals surface area contributed by atoms with E-state index in [1.807, 2.05) is 38.1 Å². The number of hydrogen-bond donors (Lipinski definition) is 1. The van der Waals surface area contributed by atoms with E-state index in [1.165, 1.54) is 0 Å². The molecule has 0 fully saturated rings. The van der Waals surface area contributed by atoms with Gasteiger partial charge in [0, 0.05) is 10.0 Å².